The molecule has 106 valence electrons. The Morgan fingerprint density at radius 2 is 2.37 bits per heavy atom. The predicted octanol–water partition coefficient (Wildman–Crippen LogP) is -0.0866. The fourth-order valence-electron chi connectivity index (χ4n) is 3.21. The predicted molar refractivity (Wildman–Crippen MR) is 71.6 cm³/mol. The van der Waals surface area contributed by atoms with Gasteiger partial charge in [0.05, 0.1) is 12.1 Å². The molecule has 0 unspecified atom stereocenters. The topological polar surface area (TPSA) is 77.1 Å². The number of aliphatic hydroxyl groups is 1. The van der Waals surface area contributed by atoms with E-state index in [1.807, 2.05) is 0 Å². The molecule has 0 amide bonds. The Hall–Kier alpha value is -0.980. The number of aromatic nitrogens is 3. The highest BCUT2D eigenvalue weighted by Crippen LogP contribution is 2.33. The first-order chi connectivity index (χ1) is 9.19. The largest absolute Gasteiger partial charge is 0.389 e. The Kier molecular flexibility index (Phi) is 3.56. The summed E-state index contributed by atoms with van der Waals surface area (Å²) in [5.41, 5.74) is -0.447. The van der Waals surface area contributed by atoms with Crippen molar-refractivity contribution >= 4 is 0 Å². The third-order valence-corrected chi connectivity index (χ3v) is 4.49. The van der Waals surface area contributed by atoms with E-state index in [2.05, 4.69) is 32.3 Å². The average molecular weight is 265 g/mol. The summed E-state index contributed by atoms with van der Waals surface area (Å²) in [5, 5.41) is 21.2. The number of fused-ring (bicyclic) bond motifs is 1. The quantitative estimate of drug-likeness (QED) is 0.712. The van der Waals surface area contributed by atoms with E-state index in [0.29, 0.717) is 5.92 Å². The number of hydrogen-bond donors (Lipinski definition) is 3. The van der Waals surface area contributed by atoms with Crippen LogP contribution in [0.25, 0.3) is 0 Å². The van der Waals surface area contributed by atoms with Crippen LogP contribution in [0, 0.1) is 5.92 Å². The summed E-state index contributed by atoms with van der Waals surface area (Å²) in [5.74, 6) is 2.15. The minimum atomic E-state index is -0.447. The summed E-state index contributed by atoms with van der Waals surface area (Å²) in [6.07, 6.45) is 2.62. The maximum atomic E-state index is 10.6. The lowest BCUT2D eigenvalue weighted by atomic mass is 9.76. The molecule has 0 bridgehead atoms. The maximum absolute atomic E-state index is 10.6. The highest BCUT2D eigenvalue weighted by molar-refractivity contribution is 4.98. The van der Waals surface area contributed by atoms with Gasteiger partial charge in [0.1, 0.15) is 11.6 Å². The molecule has 2 saturated heterocycles. The first-order valence-electron chi connectivity index (χ1n) is 7.25. The Bertz CT molecular complexity index is 434. The average Bonchev–Trinajstić information content (AvgIpc) is 2.87. The number of hydrogen-bond acceptors (Lipinski definition) is 5. The summed E-state index contributed by atoms with van der Waals surface area (Å²) < 4.78 is 0. The van der Waals surface area contributed by atoms with Crippen LogP contribution in [-0.4, -0.2) is 57.0 Å². The molecule has 2 atom stereocenters. The van der Waals surface area contributed by atoms with Crippen molar-refractivity contribution in [3.8, 4) is 0 Å². The summed E-state index contributed by atoms with van der Waals surface area (Å²) in [6.45, 7) is 6.60. The van der Waals surface area contributed by atoms with E-state index in [9.17, 15) is 5.11 Å². The molecule has 3 N–H and O–H groups in total. The van der Waals surface area contributed by atoms with Crippen LogP contribution in [0.15, 0.2) is 0 Å². The molecule has 2 aliphatic heterocycles. The smallest absolute Gasteiger partial charge is 0.150 e. The van der Waals surface area contributed by atoms with Crippen molar-refractivity contribution in [2.75, 3.05) is 26.2 Å². The van der Waals surface area contributed by atoms with Gasteiger partial charge in [-0.3, -0.25) is 10.00 Å². The Balaban J connectivity index is 1.61. The summed E-state index contributed by atoms with van der Waals surface area (Å²) in [4.78, 5) is 6.82. The van der Waals surface area contributed by atoms with Crippen LogP contribution in [0.1, 0.15) is 31.4 Å². The van der Waals surface area contributed by atoms with Gasteiger partial charge in [-0.2, -0.15) is 5.10 Å². The number of nitrogens with zero attached hydrogens (tertiary/aromatic N) is 3. The molecule has 6 heteroatoms. The van der Waals surface area contributed by atoms with Crippen LogP contribution < -0.4 is 5.32 Å². The van der Waals surface area contributed by atoms with Crippen molar-refractivity contribution < 1.29 is 5.11 Å². The van der Waals surface area contributed by atoms with Crippen LogP contribution in [0.3, 0.4) is 0 Å². The van der Waals surface area contributed by atoms with Crippen LogP contribution in [0.4, 0.5) is 0 Å². The van der Waals surface area contributed by atoms with Crippen LogP contribution in [0.2, 0.25) is 0 Å². The van der Waals surface area contributed by atoms with Crippen LogP contribution >= 0.6 is 0 Å². The number of H-pyrrole nitrogens is 1. The molecule has 3 heterocycles. The number of likely N-dealkylation sites (tertiary alicyclic amines) is 1. The monoisotopic (exact) mass is 265 g/mol. The number of aryl methyl sites for hydroxylation is 1. The van der Waals surface area contributed by atoms with Crippen molar-refractivity contribution in [1.82, 2.24) is 25.4 Å². The van der Waals surface area contributed by atoms with Gasteiger partial charge in [-0.05, 0) is 19.4 Å². The normalized spacial score (nSPS) is 32.2. The lowest BCUT2D eigenvalue weighted by Crippen LogP contribution is -2.58. The minimum absolute atomic E-state index is 0.337. The van der Waals surface area contributed by atoms with Crippen molar-refractivity contribution in [2.24, 2.45) is 5.92 Å². The molecular weight excluding hydrogens is 242 g/mol. The van der Waals surface area contributed by atoms with E-state index in [0.717, 1.165) is 63.6 Å². The zero-order chi connectivity index (χ0) is 13.3. The van der Waals surface area contributed by atoms with E-state index >= 15 is 0 Å². The van der Waals surface area contributed by atoms with Gasteiger partial charge in [-0.25, -0.2) is 4.98 Å². The lowest BCUT2D eigenvalue weighted by molar-refractivity contribution is -0.0902. The molecule has 0 spiro atoms. The Morgan fingerprint density at radius 3 is 3.16 bits per heavy atom. The second-order valence-electron chi connectivity index (χ2n) is 5.79. The molecule has 0 aromatic carbocycles. The second kappa shape index (κ2) is 5.19. The molecule has 19 heavy (non-hydrogen) atoms. The summed E-state index contributed by atoms with van der Waals surface area (Å²) in [7, 11) is 0. The molecule has 1 aromatic heterocycles. The van der Waals surface area contributed by atoms with E-state index in [1.54, 1.807) is 0 Å². The zero-order valence-electron chi connectivity index (χ0n) is 11.5. The lowest BCUT2D eigenvalue weighted by Gasteiger charge is -2.47. The molecule has 1 aromatic rings. The molecule has 3 rings (SSSR count). The summed E-state index contributed by atoms with van der Waals surface area (Å²) in [6, 6.07) is 0. The number of rotatable bonds is 3. The van der Waals surface area contributed by atoms with E-state index < -0.39 is 5.60 Å². The first kappa shape index (κ1) is 13.0. The van der Waals surface area contributed by atoms with Crippen molar-refractivity contribution in [3.63, 3.8) is 0 Å². The Morgan fingerprint density at radius 1 is 1.47 bits per heavy atom. The van der Waals surface area contributed by atoms with Crippen molar-refractivity contribution in [2.45, 2.75) is 38.3 Å². The van der Waals surface area contributed by atoms with Gasteiger partial charge in [-0.15, -0.1) is 0 Å². The molecule has 2 aliphatic rings. The zero-order valence-corrected chi connectivity index (χ0v) is 11.5. The molecular formula is C13H23N5O. The number of nitrogens with one attached hydrogen (secondary N) is 2. The fourth-order valence-corrected chi connectivity index (χ4v) is 3.21. The van der Waals surface area contributed by atoms with Gasteiger partial charge in [0.25, 0.3) is 0 Å². The number of aromatic amines is 1. The number of piperidine rings is 2. The summed E-state index contributed by atoms with van der Waals surface area (Å²) >= 11 is 0. The van der Waals surface area contributed by atoms with Crippen LogP contribution in [0.5, 0.6) is 0 Å². The highest BCUT2D eigenvalue weighted by atomic mass is 16.3. The molecule has 2 fully saturated rings. The molecule has 0 radical (unpaired) electrons. The van der Waals surface area contributed by atoms with Gasteiger partial charge in [-0.1, -0.05) is 6.92 Å². The van der Waals surface area contributed by atoms with Crippen molar-refractivity contribution in [3.05, 3.63) is 11.6 Å². The van der Waals surface area contributed by atoms with E-state index in [1.165, 1.54) is 0 Å². The molecule has 0 saturated carbocycles. The van der Waals surface area contributed by atoms with Gasteiger partial charge in [0.2, 0.25) is 0 Å². The SMILES string of the molecule is CCc1n[nH]c(CN2CC[C@@]3(O)CCNC[C@H]3C2)n1. The van der Waals surface area contributed by atoms with Crippen molar-refractivity contribution in [1.29, 1.82) is 0 Å². The second-order valence-corrected chi connectivity index (χ2v) is 5.79. The third-order valence-electron chi connectivity index (χ3n) is 4.49. The third kappa shape index (κ3) is 2.66. The molecule has 0 aliphatic carbocycles. The van der Waals surface area contributed by atoms with E-state index in [-0.39, 0.29) is 0 Å². The van der Waals surface area contributed by atoms with Gasteiger partial charge in [0.15, 0.2) is 0 Å². The first-order valence-corrected chi connectivity index (χ1v) is 7.25. The standard InChI is InChI=1S/C13H23N5O/c1-2-11-15-12(17-16-11)9-18-6-4-13(19)3-5-14-7-10(13)8-18/h10,14,19H,2-9H2,1H3,(H,15,16,17)/t10-,13-/m0/s1. The van der Waals surface area contributed by atoms with Gasteiger partial charge >= 0.3 is 0 Å². The molecule has 6 nitrogen and oxygen atoms in total. The Labute approximate surface area is 113 Å². The minimum Gasteiger partial charge on any atom is -0.389 e. The fraction of sp³-hybridized carbons (Fsp3) is 0.846. The van der Waals surface area contributed by atoms with E-state index in [4.69, 9.17) is 0 Å². The van der Waals surface area contributed by atoms with Gasteiger partial charge in [0, 0.05) is 32.0 Å². The van der Waals surface area contributed by atoms with Gasteiger partial charge < -0.3 is 10.4 Å². The maximum Gasteiger partial charge on any atom is 0.150 e. The van der Waals surface area contributed by atoms with Crippen LogP contribution in [-0.2, 0) is 13.0 Å². The highest BCUT2D eigenvalue weighted by Gasteiger charge is 2.42.